The van der Waals surface area contributed by atoms with Crippen molar-refractivity contribution in [3.8, 4) is 5.75 Å². The van der Waals surface area contributed by atoms with Crippen LogP contribution in [0.15, 0.2) is 54.6 Å². The smallest absolute Gasteiger partial charge is 0.255 e. The number of piperazine rings is 1. The zero-order chi connectivity index (χ0) is 28.6. The lowest BCUT2D eigenvalue weighted by Gasteiger charge is -2.38. The molecule has 2 heterocycles. The fourth-order valence-electron chi connectivity index (χ4n) is 5.05. The molecule has 0 spiro atoms. The van der Waals surface area contributed by atoms with Gasteiger partial charge >= 0.3 is 0 Å². The zero-order valence-electron chi connectivity index (χ0n) is 23.5. The molecule has 2 aromatic rings. The number of hydrogen-bond acceptors (Lipinski definition) is 6. The number of hydrogen-bond donors (Lipinski definition) is 2. The minimum absolute atomic E-state index is 0.154. The summed E-state index contributed by atoms with van der Waals surface area (Å²) in [6, 6.07) is 14.6. The van der Waals surface area contributed by atoms with Crippen LogP contribution >= 0.6 is 0 Å². The summed E-state index contributed by atoms with van der Waals surface area (Å²) in [5.41, 5.74) is 1.16. The highest BCUT2D eigenvalue weighted by Gasteiger charge is 2.33. The van der Waals surface area contributed by atoms with Crippen molar-refractivity contribution in [1.82, 2.24) is 25.3 Å². The monoisotopic (exact) mass is 549 g/mol. The number of rotatable bonds is 4. The predicted molar refractivity (Wildman–Crippen MR) is 151 cm³/mol. The van der Waals surface area contributed by atoms with Crippen molar-refractivity contribution in [3.63, 3.8) is 0 Å². The zero-order valence-corrected chi connectivity index (χ0v) is 23.5. The van der Waals surface area contributed by atoms with Crippen LogP contribution in [0.4, 0.5) is 0 Å². The highest BCUT2D eigenvalue weighted by molar-refractivity contribution is 6.01. The number of nitrogens with zero attached hydrogens (tertiary/aromatic N) is 3. The van der Waals surface area contributed by atoms with Crippen LogP contribution in [0.5, 0.6) is 5.75 Å². The fraction of sp³-hybridized carbons (Fsp3) is 0.467. The molecule has 0 bridgehead atoms. The Morgan fingerprint density at radius 3 is 2.30 bits per heavy atom. The van der Waals surface area contributed by atoms with Gasteiger partial charge in [-0.1, -0.05) is 42.5 Å². The summed E-state index contributed by atoms with van der Waals surface area (Å²) in [6.45, 7) is 7.09. The lowest BCUT2D eigenvalue weighted by Crippen LogP contribution is -2.57. The summed E-state index contributed by atoms with van der Waals surface area (Å²) in [5.74, 6) is -1.21. The highest BCUT2D eigenvalue weighted by atomic mass is 16.5. The van der Waals surface area contributed by atoms with E-state index in [-0.39, 0.29) is 37.0 Å². The second-order valence-electron chi connectivity index (χ2n) is 10.6. The molecule has 2 aliphatic heterocycles. The van der Waals surface area contributed by atoms with Gasteiger partial charge in [-0.05, 0) is 31.5 Å². The molecule has 4 rings (SSSR count). The van der Waals surface area contributed by atoms with Crippen LogP contribution in [0.1, 0.15) is 36.2 Å². The summed E-state index contributed by atoms with van der Waals surface area (Å²) < 4.78 is 5.90. The molecule has 2 atom stereocenters. The second kappa shape index (κ2) is 13.4. The minimum atomic E-state index is -1.10. The van der Waals surface area contributed by atoms with Crippen LogP contribution in [-0.4, -0.2) is 103 Å². The van der Waals surface area contributed by atoms with Gasteiger partial charge in [-0.3, -0.25) is 24.1 Å². The molecule has 0 aromatic heterocycles. The van der Waals surface area contributed by atoms with Gasteiger partial charge in [0, 0.05) is 45.7 Å². The molecule has 214 valence electrons. The van der Waals surface area contributed by atoms with Gasteiger partial charge in [0.2, 0.25) is 17.7 Å². The summed E-state index contributed by atoms with van der Waals surface area (Å²) >= 11 is 0. The van der Waals surface area contributed by atoms with Gasteiger partial charge < -0.3 is 25.2 Å². The molecule has 40 heavy (non-hydrogen) atoms. The maximum absolute atomic E-state index is 13.7. The van der Waals surface area contributed by atoms with Crippen molar-refractivity contribution in [3.05, 3.63) is 65.7 Å². The number of amides is 4. The summed E-state index contributed by atoms with van der Waals surface area (Å²) in [7, 11) is 1.66. The highest BCUT2D eigenvalue weighted by Crippen LogP contribution is 2.19. The number of fused-ring (bicyclic) bond motifs is 1. The molecule has 4 amide bonds. The Bertz CT molecular complexity index is 1200. The van der Waals surface area contributed by atoms with Crippen LogP contribution < -0.4 is 15.4 Å². The molecule has 1 saturated heterocycles. The number of benzene rings is 2. The first-order valence-electron chi connectivity index (χ1n) is 13.9. The quantitative estimate of drug-likeness (QED) is 0.595. The van der Waals surface area contributed by atoms with Crippen molar-refractivity contribution in [1.29, 1.82) is 0 Å². The summed E-state index contributed by atoms with van der Waals surface area (Å²) in [5, 5.41) is 5.64. The molecule has 2 aliphatic rings. The SMILES string of the molecule is CC(C)N1CCN(C(=O)[C@@H]2CC(=O)N[C@@H](Cc3ccccc3)C(=O)N(C)CCOc3ccccc3C(=O)N2)CC1. The molecule has 0 unspecified atom stereocenters. The molecule has 10 nitrogen and oxygen atoms in total. The topological polar surface area (TPSA) is 111 Å². The van der Waals surface area contributed by atoms with E-state index in [0.717, 1.165) is 5.56 Å². The van der Waals surface area contributed by atoms with E-state index < -0.39 is 23.9 Å². The van der Waals surface area contributed by atoms with E-state index in [0.29, 0.717) is 44.4 Å². The van der Waals surface area contributed by atoms with Gasteiger partial charge in [0.25, 0.3) is 5.91 Å². The van der Waals surface area contributed by atoms with E-state index in [4.69, 9.17) is 4.74 Å². The summed E-state index contributed by atoms with van der Waals surface area (Å²) in [4.78, 5) is 59.3. The van der Waals surface area contributed by atoms with Gasteiger partial charge in [-0.25, -0.2) is 0 Å². The van der Waals surface area contributed by atoms with E-state index in [9.17, 15) is 19.2 Å². The lowest BCUT2D eigenvalue weighted by molar-refractivity contribution is -0.138. The molecule has 2 aromatic carbocycles. The summed E-state index contributed by atoms with van der Waals surface area (Å²) in [6.07, 6.45) is 0.00184. The molecule has 2 N–H and O–H groups in total. The van der Waals surface area contributed by atoms with Crippen molar-refractivity contribution in [2.45, 2.75) is 44.8 Å². The first kappa shape index (κ1) is 29.1. The van der Waals surface area contributed by atoms with Crippen molar-refractivity contribution >= 4 is 23.6 Å². The normalized spacial score (nSPS) is 21.6. The standard InChI is InChI=1S/C30H39N5O5/c1-21(2)34-13-15-35(16-14-34)30(39)25-20-27(36)31-24(19-22-9-5-4-6-10-22)29(38)33(3)17-18-40-26-12-8-7-11-23(26)28(37)32-25/h4-12,21,24-25H,13-20H2,1-3H3,(H,31,36)(H,32,37)/t24-,25-/m0/s1. The predicted octanol–water partition coefficient (Wildman–Crippen LogP) is 1.31. The Labute approximate surface area is 235 Å². The van der Waals surface area contributed by atoms with E-state index in [1.807, 2.05) is 30.3 Å². The third kappa shape index (κ3) is 7.38. The average Bonchev–Trinajstić information content (AvgIpc) is 2.96. The van der Waals surface area contributed by atoms with Crippen molar-refractivity contribution in [2.75, 3.05) is 46.4 Å². The Hall–Kier alpha value is -3.92. The lowest BCUT2D eigenvalue weighted by atomic mass is 10.0. The van der Waals surface area contributed by atoms with Gasteiger partial charge in [0.1, 0.15) is 24.4 Å². The second-order valence-corrected chi connectivity index (χ2v) is 10.6. The van der Waals surface area contributed by atoms with Gasteiger partial charge in [0.05, 0.1) is 18.5 Å². The Kier molecular flexibility index (Phi) is 9.76. The number of ether oxygens (including phenoxy) is 1. The fourth-order valence-corrected chi connectivity index (χ4v) is 5.05. The molecular formula is C30H39N5O5. The van der Waals surface area contributed by atoms with Crippen molar-refractivity contribution < 1.29 is 23.9 Å². The molecule has 0 aliphatic carbocycles. The molecule has 0 saturated carbocycles. The number of nitrogens with one attached hydrogen (secondary N) is 2. The van der Waals surface area contributed by atoms with Crippen LogP contribution in [0.2, 0.25) is 0 Å². The molecule has 0 radical (unpaired) electrons. The van der Waals surface area contributed by atoms with E-state index in [2.05, 4.69) is 29.4 Å². The van der Waals surface area contributed by atoms with Gasteiger partial charge in [-0.15, -0.1) is 0 Å². The van der Waals surface area contributed by atoms with E-state index in [1.165, 1.54) is 4.90 Å². The Morgan fingerprint density at radius 2 is 1.60 bits per heavy atom. The number of likely N-dealkylation sites (N-methyl/N-ethyl adjacent to an activating group) is 1. The third-order valence-electron chi connectivity index (χ3n) is 7.46. The number of carbonyl (C=O) groups excluding carboxylic acids is 4. The maximum Gasteiger partial charge on any atom is 0.255 e. The number of para-hydroxylation sites is 1. The average molecular weight is 550 g/mol. The largest absolute Gasteiger partial charge is 0.491 e. The Morgan fingerprint density at radius 1 is 0.925 bits per heavy atom. The van der Waals surface area contributed by atoms with Crippen molar-refractivity contribution in [2.24, 2.45) is 0 Å². The Balaban J connectivity index is 1.60. The molecule has 1 fully saturated rings. The minimum Gasteiger partial charge on any atom is -0.491 e. The van der Waals surface area contributed by atoms with Crippen LogP contribution in [0.3, 0.4) is 0 Å². The van der Waals surface area contributed by atoms with Gasteiger partial charge in [0.15, 0.2) is 0 Å². The van der Waals surface area contributed by atoms with Gasteiger partial charge in [-0.2, -0.15) is 0 Å². The van der Waals surface area contributed by atoms with Crippen LogP contribution in [-0.2, 0) is 20.8 Å². The first-order chi connectivity index (χ1) is 19.2. The van der Waals surface area contributed by atoms with Crippen LogP contribution in [0, 0.1) is 0 Å². The van der Waals surface area contributed by atoms with E-state index >= 15 is 0 Å². The van der Waals surface area contributed by atoms with Crippen LogP contribution in [0.25, 0.3) is 0 Å². The number of carbonyl (C=O) groups is 4. The molecular weight excluding hydrogens is 510 g/mol. The third-order valence-corrected chi connectivity index (χ3v) is 7.46. The van der Waals surface area contributed by atoms with E-state index in [1.54, 1.807) is 36.2 Å². The first-order valence-corrected chi connectivity index (χ1v) is 13.9. The molecule has 10 heteroatoms. The maximum atomic E-state index is 13.7.